The summed E-state index contributed by atoms with van der Waals surface area (Å²) in [6, 6.07) is 19.5. The monoisotopic (exact) mass is 479 g/mol. The smallest absolute Gasteiger partial charge is 0.411 e. The Balaban J connectivity index is 1.33. The quantitative estimate of drug-likeness (QED) is 0.410. The molecule has 0 saturated heterocycles. The van der Waals surface area contributed by atoms with Crippen LogP contribution in [0.3, 0.4) is 0 Å². The zero-order valence-electron chi connectivity index (χ0n) is 19.9. The largest absolute Gasteiger partial charge is 0.450 e. The molecule has 0 saturated carbocycles. The molecular weight excluding hydrogens is 448 g/mol. The Hall–Kier alpha value is -3.29. The average molecular weight is 480 g/mol. The Bertz CT molecular complexity index is 1120. The minimum Gasteiger partial charge on any atom is -0.450 e. The molecule has 4 rings (SSSR count). The molecule has 1 amide bonds. The van der Waals surface area contributed by atoms with Gasteiger partial charge in [0.2, 0.25) is 0 Å². The highest BCUT2D eigenvalue weighted by Gasteiger charge is 2.26. The lowest BCUT2D eigenvalue weighted by Gasteiger charge is -2.37. The van der Waals surface area contributed by atoms with Crippen LogP contribution in [-0.2, 0) is 30.7 Å². The van der Waals surface area contributed by atoms with E-state index < -0.39 is 6.09 Å². The van der Waals surface area contributed by atoms with Crippen LogP contribution >= 0.6 is 0 Å². The van der Waals surface area contributed by atoms with E-state index in [1.807, 2.05) is 42.5 Å². The molecule has 0 aromatic heterocycles. The Morgan fingerprint density at radius 3 is 2.43 bits per heavy atom. The second-order valence-corrected chi connectivity index (χ2v) is 8.79. The number of benzene rings is 3. The van der Waals surface area contributed by atoms with E-state index in [0.29, 0.717) is 18.8 Å². The highest BCUT2D eigenvalue weighted by molar-refractivity contribution is 5.84. The van der Waals surface area contributed by atoms with Crippen molar-refractivity contribution in [2.45, 2.75) is 38.9 Å². The molecule has 0 bridgehead atoms. The fourth-order valence-electron chi connectivity index (χ4n) is 4.47. The van der Waals surface area contributed by atoms with Crippen molar-refractivity contribution in [3.8, 4) is 0 Å². The van der Waals surface area contributed by atoms with Gasteiger partial charge in [-0.05, 0) is 78.4 Å². The molecule has 35 heavy (non-hydrogen) atoms. The van der Waals surface area contributed by atoms with Gasteiger partial charge in [0.15, 0.2) is 0 Å². The minimum absolute atomic E-state index is 0.206. The number of carbonyl (C=O) groups excluding carboxylic acids is 1. The molecule has 1 aliphatic rings. The van der Waals surface area contributed by atoms with E-state index in [1.165, 1.54) is 18.2 Å². The fraction of sp³-hybridized carbons (Fsp3) is 0.321. The third kappa shape index (κ3) is 7.10. The van der Waals surface area contributed by atoms with Crippen LogP contribution in [-0.4, -0.2) is 36.7 Å². The van der Waals surface area contributed by atoms with Crippen molar-refractivity contribution in [1.82, 2.24) is 10.2 Å². The lowest BCUT2D eigenvalue weighted by Crippen LogP contribution is -2.44. The Morgan fingerprint density at radius 2 is 1.69 bits per heavy atom. The van der Waals surface area contributed by atoms with Gasteiger partial charge < -0.3 is 10.1 Å². The number of hydrogen-bond donors (Lipinski definition) is 2. The number of carbonyl (C=O) groups is 1. The molecule has 7 heteroatoms. The second-order valence-electron chi connectivity index (χ2n) is 8.79. The number of nitrogens with one attached hydrogen (secondary N) is 2. The Morgan fingerprint density at radius 1 is 0.971 bits per heavy atom. The lowest BCUT2D eigenvalue weighted by atomic mass is 9.90. The van der Waals surface area contributed by atoms with E-state index in [2.05, 4.69) is 15.5 Å². The van der Waals surface area contributed by atoms with Gasteiger partial charge in [0.05, 0.1) is 6.61 Å². The van der Waals surface area contributed by atoms with Crippen molar-refractivity contribution in [3.63, 3.8) is 0 Å². The lowest BCUT2D eigenvalue weighted by molar-refractivity contribution is 0.168. The summed E-state index contributed by atoms with van der Waals surface area (Å²) in [6.07, 6.45) is 1.09. The predicted octanol–water partition coefficient (Wildman–Crippen LogP) is 5.29. The number of halogens is 2. The van der Waals surface area contributed by atoms with E-state index in [4.69, 9.17) is 4.74 Å². The van der Waals surface area contributed by atoms with E-state index in [9.17, 15) is 13.6 Å². The number of nitrogens with zero attached hydrogens (tertiary/aromatic N) is 1. The summed E-state index contributed by atoms with van der Waals surface area (Å²) in [7, 11) is 0. The molecule has 2 N–H and O–H groups in total. The van der Waals surface area contributed by atoms with E-state index >= 15 is 0 Å². The standard InChI is InChI=1S/C28H31F2N3O2/c1-2-35-28(34)32-26-11-5-21(6-12-26)18-31-13-14-33-19-22-7-10-25(30)16-23(22)17-27(33)15-20-3-8-24(29)9-4-20/h3-12,16,27,31H,2,13-15,17-19H2,1H3,(H,32,34). The predicted molar refractivity (Wildman–Crippen MR) is 133 cm³/mol. The van der Waals surface area contributed by atoms with Crippen molar-refractivity contribution in [3.05, 3.63) is 101 Å². The first kappa shape index (κ1) is 24.8. The molecule has 0 radical (unpaired) electrons. The summed E-state index contributed by atoms with van der Waals surface area (Å²) in [5.74, 6) is -0.446. The van der Waals surface area contributed by atoms with E-state index in [1.54, 1.807) is 13.0 Å². The first-order valence-electron chi connectivity index (χ1n) is 12.0. The van der Waals surface area contributed by atoms with Crippen LogP contribution in [0.25, 0.3) is 0 Å². The third-order valence-corrected chi connectivity index (χ3v) is 6.28. The van der Waals surface area contributed by atoms with Gasteiger partial charge >= 0.3 is 6.09 Å². The van der Waals surface area contributed by atoms with E-state index in [0.717, 1.165) is 54.7 Å². The van der Waals surface area contributed by atoms with Gasteiger partial charge in [0.25, 0.3) is 0 Å². The van der Waals surface area contributed by atoms with Gasteiger partial charge in [-0.25, -0.2) is 13.6 Å². The normalized spacial score (nSPS) is 15.5. The van der Waals surface area contributed by atoms with Crippen molar-refractivity contribution in [2.24, 2.45) is 0 Å². The molecule has 3 aromatic carbocycles. The average Bonchev–Trinajstić information content (AvgIpc) is 2.84. The first-order chi connectivity index (χ1) is 17.0. The number of fused-ring (bicyclic) bond motifs is 1. The Labute approximate surface area is 205 Å². The maximum atomic E-state index is 13.8. The SMILES string of the molecule is CCOC(=O)Nc1ccc(CNCCN2Cc3ccc(F)cc3CC2Cc2ccc(F)cc2)cc1. The van der Waals surface area contributed by atoms with Crippen molar-refractivity contribution < 1.29 is 18.3 Å². The van der Waals surface area contributed by atoms with Crippen molar-refractivity contribution >= 4 is 11.8 Å². The number of anilines is 1. The van der Waals surface area contributed by atoms with Crippen LogP contribution in [0.5, 0.6) is 0 Å². The van der Waals surface area contributed by atoms with Gasteiger partial charge in [-0.15, -0.1) is 0 Å². The van der Waals surface area contributed by atoms with Gasteiger partial charge in [-0.1, -0.05) is 30.3 Å². The third-order valence-electron chi connectivity index (χ3n) is 6.28. The zero-order valence-corrected chi connectivity index (χ0v) is 19.9. The van der Waals surface area contributed by atoms with Crippen LogP contribution in [0.2, 0.25) is 0 Å². The van der Waals surface area contributed by atoms with Gasteiger partial charge in [-0.2, -0.15) is 0 Å². The van der Waals surface area contributed by atoms with Crippen molar-refractivity contribution in [1.29, 1.82) is 0 Å². The molecule has 3 aromatic rings. The molecule has 184 valence electrons. The molecule has 0 fully saturated rings. The van der Waals surface area contributed by atoms with E-state index in [-0.39, 0.29) is 17.7 Å². The Kier molecular flexibility index (Phi) is 8.45. The van der Waals surface area contributed by atoms with Crippen LogP contribution in [0.4, 0.5) is 19.3 Å². The topological polar surface area (TPSA) is 53.6 Å². The highest BCUT2D eigenvalue weighted by atomic mass is 19.1. The van der Waals surface area contributed by atoms with Gasteiger partial charge in [0, 0.05) is 37.9 Å². The summed E-state index contributed by atoms with van der Waals surface area (Å²) < 4.78 is 32.1. The van der Waals surface area contributed by atoms with Crippen LogP contribution < -0.4 is 10.6 Å². The molecule has 5 nitrogen and oxygen atoms in total. The number of rotatable bonds is 9. The molecule has 0 aliphatic carbocycles. The summed E-state index contributed by atoms with van der Waals surface area (Å²) in [5.41, 5.74) is 5.09. The molecule has 1 heterocycles. The number of hydrogen-bond acceptors (Lipinski definition) is 4. The maximum Gasteiger partial charge on any atom is 0.411 e. The number of ether oxygens (including phenoxy) is 1. The molecule has 1 unspecified atom stereocenters. The van der Waals surface area contributed by atoms with Gasteiger partial charge in [0.1, 0.15) is 11.6 Å². The molecule has 1 aliphatic heterocycles. The first-order valence-corrected chi connectivity index (χ1v) is 12.0. The van der Waals surface area contributed by atoms with Crippen LogP contribution in [0.1, 0.15) is 29.2 Å². The minimum atomic E-state index is -0.459. The number of amides is 1. The fourth-order valence-corrected chi connectivity index (χ4v) is 4.47. The zero-order chi connectivity index (χ0) is 24.6. The summed E-state index contributed by atoms with van der Waals surface area (Å²) >= 11 is 0. The second kappa shape index (κ2) is 11.9. The van der Waals surface area contributed by atoms with Crippen LogP contribution in [0, 0.1) is 11.6 Å². The highest BCUT2D eigenvalue weighted by Crippen LogP contribution is 2.26. The molecular formula is C28H31F2N3O2. The summed E-state index contributed by atoms with van der Waals surface area (Å²) in [5, 5.41) is 6.18. The van der Waals surface area contributed by atoms with Crippen LogP contribution in [0.15, 0.2) is 66.7 Å². The maximum absolute atomic E-state index is 13.8. The summed E-state index contributed by atoms with van der Waals surface area (Å²) in [4.78, 5) is 13.9. The molecule has 0 spiro atoms. The van der Waals surface area contributed by atoms with Gasteiger partial charge in [-0.3, -0.25) is 10.2 Å². The van der Waals surface area contributed by atoms with Crippen molar-refractivity contribution in [2.75, 3.05) is 25.0 Å². The summed E-state index contributed by atoms with van der Waals surface area (Å²) in [6.45, 7) is 5.19. The molecule has 1 atom stereocenters.